The zero-order valence-corrected chi connectivity index (χ0v) is 22.0. The molecule has 1 aliphatic carbocycles. The second-order valence-corrected chi connectivity index (χ2v) is 15.8. The van der Waals surface area contributed by atoms with Crippen LogP contribution in [0.5, 0.6) is 5.75 Å². The Balaban J connectivity index is 1.92. The molecule has 1 aliphatic rings. The van der Waals surface area contributed by atoms with Crippen LogP contribution in [-0.4, -0.2) is 39.9 Å². The summed E-state index contributed by atoms with van der Waals surface area (Å²) in [5.74, 6) is 1.00. The van der Waals surface area contributed by atoms with E-state index < -0.39 is 8.32 Å². The van der Waals surface area contributed by atoms with Gasteiger partial charge in [0, 0.05) is 12.5 Å². The second kappa shape index (κ2) is 10.6. The number of hydrogen-bond donors (Lipinski definition) is 1. The van der Waals surface area contributed by atoms with Crippen molar-refractivity contribution >= 4 is 8.32 Å². The zero-order chi connectivity index (χ0) is 23.3. The van der Waals surface area contributed by atoms with Crippen molar-refractivity contribution in [2.45, 2.75) is 84.7 Å². The van der Waals surface area contributed by atoms with E-state index in [9.17, 15) is 5.11 Å². The quantitative estimate of drug-likeness (QED) is 0.335. The fraction of sp³-hybridized carbons (Fsp3) is 0.692. The molecule has 5 heteroatoms. The number of allylic oxidation sites excluding steroid dienone is 1. The molecule has 0 amide bonds. The number of methoxy groups -OCH3 is 1. The summed E-state index contributed by atoms with van der Waals surface area (Å²) < 4.78 is 17.8. The predicted octanol–water partition coefficient (Wildman–Crippen LogP) is 6.35. The van der Waals surface area contributed by atoms with Gasteiger partial charge in [-0.1, -0.05) is 51.5 Å². The summed E-state index contributed by atoms with van der Waals surface area (Å²) in [4.78, 5) is 0. The molecule has 1 aromatic rings. The largest absolute Gasteiger partial charge is 0.497 e. The molecular weight excluding hydrogens is 404 g/mol. The molecule has 176 valence electrons. The molecule has 0 bridgehead atoms. The first-order chi connectivity index (χ1) is 14.4. The molecule has 31 heavy (non-hydrogen) atoms. The van der Waals surface area contributed by atoms with Gasteiger partial charge in [0.15, 0.2) is 8.32 Å². The van der Waals surface area contributed by atoms with Crippen LogP contribution in [0.3, 0.4) is 0 Å². The van der Waals surface area contributed by atoms with Gasteiger partial charge in [0.25, 0.3) is 0 Å². The smallest absolute Gasteiger partial charge is 0.192 e. The molecular formula is C26H44O4Si. The first-order valence-electron chi connectivity index (χ1n) is 11.6. The first-order valence-corrected chi connectivity index (χ1v) is 14.5. The lowest BCUT2D eigenvalue weighted by molar-refractivity contribution is -0.0246. The lowest BCUT2D eigenvalue weighted by Gasteiger charge is -2.36. The second-order valence-electron chi connectivity index (χ2n) is 11.0. The van der Waals surface area contributed by atoms with Crippen LogP contribution in [0.2, 0.25) is 18.1 Å². The molecule has 0 saturated heterocycles. The molecule has 1 fully saturated rings. The molecule has 0 unspecified atom stereocenters. The van der Waals surface area contributed by atoms with Crippen molar-refractivity contribution in [3.05, 3.63) is 41.5 Å². The highest BCUT2D eigenvalue weighted by Gasteiger charge is 2.44. The van der Waals surface area contributed by atoms with Gasteiger partial charge in [0.05, 0.1) is 26.4 Å². The third-order valence-electron chi connectivity index (χ3n) is 7.55. The van der Waals surface area contributed by atoms with Crippen molar-refractivity contribution in [2.24, 2.45) is 11.3 Å². The van der Waals surface area contributed by atoms with Crippen molar-refractivity contribution in [3.63, 3.8) is 0 Å². The molecule has 2 rings (SSSR count). The van der Waals surface area contributed by atoms with Crippen molar-refractivity contribution in [2.75, 3.05) is 20.3 Å². The zero-order valence-electron chi connectivity index (χ0n) is 21.0. The maximum atomic E-state index is 10.2. The number of aliphatic hydroxyl groups excluding tert-OH is 1. The van der Waals surface area contributed by atoms with Gasteiger partial charge in [0.2, 0.25) is 0 Å². The summed E-state index contributed by atoms with van der Waals surface area (Å²) in [6.07, 6.45) is 5.42. The minimum absolute atomic E-state index is 0.0531. The maximum Gasteiger partial charge on any atom is 0.192 e. The van der Waals surface area contributed by atoms with E-state index in [1.165, 1.54) is 5.57 Å². The molecule has 1 N–H and O–H groups in total. The van der Waals surface area contributed by atoms with Crippen LogP contribution in [0.1, 0.15) is 59.4 Å². The van der Waals surface area contributed by atoms with Crippen molar-refractivity contribution < 1.29 is 19.0 Å². The van der Waals surface area contributed by atoms with Gasteiger partial charge >= 0.3 is 0 Å². The Kier molecular flexibility index (Phi) is 8.97. The normalized spacial score (nSPS) is 25.1. The van der Waals surface area contributed by atoms with Crippen LogP contribution >= 0.6 is 0 Å². The van der Waals surface area contributed by atoms with Gasteiger partial charge in [-0.15, -0.1) is 0 Å². The van der Waals surface area contributed by atoms with E-state index in [0.29, 0.717) is 13.2 Å². The number of rotatable bonds is 10. The molecule has 0 aliphatic heterocycles. The Morgan fingerprint density at radius 1 is 1.23 bits per heavy atom. The number of hydrogen-bond acceptors (Lipinski definition) is 4. The molecule has 0 heterocycles. The SMILES string of the molecule is COc1ccc(CO[C@@H]2CC[C@@](C)(C/C=C(/C)CO[Si](C)(C)C(C)(C)C)[C@@H]2CO)cc1. The van der Waals surface area contributed by atoms with Gasteiger partial charge in [-0.3, -0.25) is 0 Å². The summed E-state index contributed by atoms with van der Waals surface area (Å²) in [6, 6.07) is 7.99. The summed E-state index contributed by atoms with van der Waals surface area (Å²) in [6.45, 7) is 17.3. The molecule has 4 nitrogen and oxygen atoms in total. The van der Waals surface area contributed by atoms with Crippen LogP contribution in [0.4, 0.5) is 0 Å². The number of benzene rings is 1. The van der Waals surface area contributed by atoms with Crippen molar-refractivity contribution in [1.29, 1.82) is 0 Å². The molecule has 1 aromatic carbocycles. The molecule has 0 spiro atoms. The molecule has 3 atom stereocenters. The summed E-state index contributed by atoms with van der Waals surface area (Å²) in [5, 5.41) is 10.4. The summed E-state index contributed by atoms with van der Waals surface area (Å²) >= 11 is 0. The Hall–Kier alpha value is -1.14. The summed E-state index contributed by atoms with van der Waals surface area (Å²) in [5.41, 5.74) is 2.47. The number of ether oxygens (including phenoxy) is 2. The minimum Gasteiger partial charge on any atom is -0.497 e. The van der Waals surface area contributed by atoms with Crippen LogP contribution in [0, 0.1) is 11.3 Å². The fourth-order valence-electron chi connectivity index (χ4n) is 4.00. The van der Waals surface area contributed by atoms with Crippen LogP contribution < -0.4 is 4.74 Å². The molecule has 1 saturated carbocycles. The van der Waals surface area contributed by atoms with E-state index in [0.717, 1.165) is 30.6 Å². The Bertz CT molecular complexity index is 720. The Morgan fingerprint density at radius 2 is 1.87 bits per heavy atom. The van der Waals surface area contributed by atoms with E-state index in [2.05, 4.69) is 53.8 Å². The predicted molar refractivity (Wildman–Crippen MR) is 131 cm³/mol. The molecule has 0 aromatic heterocycles. The van der Waals surface area contributed by atoms with Crippen LogP contribution in [0.25, 0.3) is 0 Å². The van der Waals surface area contributed by atoms with Crippen LogP contribution in [0.15, 0.2) is 35.9 Å². The Labute approximate surface area is 191 Å². The van der Waals surface area contributed by atoms with E-state index in [1.807, 2.05) is 24.3 Å². The topological polar surface area (TPSA) is 47.9 Å². The van der Waals surface area contributed by atoms with Crippen molar-refractivity contribution in [1.82, 2.24) is 0 Å². The van der Waals surface area contributed by atoms with Crippen LogP contribution in [-0.2, 0) is 15.8 Å². The highest BCUT2D eigenvalue weighted by Crippen LogP contribution is 2.47. The maximum absolute atomic E-state index is 10.2. The van der Waals surface area contributed by atoms with Gasteiger partial charge in [0.1, 0.15) is 5.75 Å². The monoisotopic (exact) mass is 448 g/mol. The number of aliphatic hydroxyl groups is 1. The van der Waals surface area contributed by atoms with Crippen molar-refractivity contribution in [3.8, 4) is 5.75 Å². The van der Waals surface area contributed by atoms with E-state index in [-0.39, 0.29) is 29.1 Å². The van der Waals surface area contributed by atoms with Gasteiger partial charge in [-0.05, 0) is 67.4 Å². The standard InChI is InChI=1S/C26H44O4Si/c1-20(18-30-31(7,8)25(2,3)4)13-15-26(5)16-14-24(23(26)17-27)29-19-21-9-11-22(28-6)12-10-21/h9-13,23-24,27H,14-19H2,1-8H3/b20-13-/t23-,24-,26-/m1/s1. The van der Waals surface area contributed by atoms with Gasteiger partial charge < -0.3 is 19.0 Å². The fourth-order valence-corrected chi connectivity index (χ4v) is 5.02. The van der Waals surface area contributed by atoms with Gasteiger partial charge in [-0.25, -0.2) is 0 Å². The third kappa shape index (κ3) is 6.92. The third-order valence-corrected chi connectivity index (χ3v) is 12.0. The lowest BCUT2D eigenvalue weighted by Crippen LogP contribution is -2.41. The lowest BCUT2D eigenvalue weighted by atomic mass is 9.76. The highest BCUT2D eigenvalue weighted by atomic mass is 28.4. The molecule has 0 radical (unpaired) electrons. The minimum atomic E-state index is -1.74. The van der Waals surface area contributed by atoms with E-state index in [4.69, 9.17) is 13.9 Å². The first kappa shape index (κ1) is 26.1. The van der Waals surface area contributed by atoms with E-state index >= 15 is 0 Å². The average molecular weight is 449 g/mol. The van der Waals surface area contributed by atoms with E-state index in [1.54, 1.807) is 7.11 Å². The average Bonchev–Trinajstić information content (AvgIpc) is 3.04. The Morgan fingerprint density at radius 3 is 2.42 bits per heavy atom. The highest BCUT2D eigenvalue weighted by molar-refractivity contribution is 6.74. The van der Waals surface area contributed by atoms with Gasteiger partial charge in [-0.2, -0.15) is 0 Å². The summed E-state index contributed by atoms with van der Waals surface area (Å²) in [7, 11) is -0.0630.